The summed E-state index contributed by atoms with van der Waals surface area (Å²) in [6.07, 6.45) is 1.99. The van der Waals surface area contributed by atoms with E-state index in [1.165, 1.54) is 41.2 Å². The molecule has 0 amide bonds. The molecule has 3 aromatic heterocycles. The van der Waals surface area contributed by atoms with Gasteiger partial charge in [-0.1, -0.05) is 65.2 Å². The lowest BCUT2D eigenvalue weighted by atomic mass is 10.0. The molecule has 0 atom stereocenters. The van der Waals surface area contributed by atoms with Crippen LogP contribution in [0.2, 0.25) is 0 Å². The predicted octanol–water partition coefficient (Wildman–Crippen LogP) is 11.7. The first-order valence-corrected chi connectivity index (χ1v) is 15.8. The zero-order valence-electron chi connectivity index (χ0n) is 23.1. The van der Waals surface area contributed by atoms with E-state index in [4.69, 9.17) is 0 Å². The molecule has 0 unspecified atom stereocenters. The average molecular weight is 585 g/mol. The number of benzene rings is 3. The SMILES string of the molecule is Cc1ccc(/C(C#N)=C\c2ccc(-c3ccc(-c4ccc(N(c5ccc(C)cc5)c5ccc(C)cc5)s4)s3)s2)cc1. The number of hydrogen-bond acceptors (Lipinski definition) is 5. The molecule has 0 saturated heterocycles. The van der Waals surface area contributed by atoms with E-state index in [2.05, 4.69) is 117 Å². The highest BCUT2D eigenvalue weighted by molar-refractivity contribution is 7.27. The smallest absolute Gasteiger partial charge is 0.101 e. The van der Waals surface area contributed by atoms with Crippen LogP contribution in [0.15, 0.2) is 109 Å². The van der Waals surface area contributed by atoms with E-state index in [9.17, 15) is 5.26 Å². The van der Waals surface area contributed by atoms with E-state index in [1.54, 1.807) is 11.3 Å². The summed E-state index contributed by atoms with van der Waals surface area (Å²) in [7, 11) is 0. The number of anilines is 3. The molecular weight excluding hydrogens is 557 g/mol. The van der Waals surface area contributed by atoms with Crippen LogP contribution in [0.25, 0.3) is 31.2 Å². The van der Waals surface area contributed by atoms with Crippen molar-refractivity contribution >= 4 is 62.0 Å². The quantitative estimate of drug-likeness (QED) is 0.175. The van der Waals surface area contributed by atoms with Gasteiger partial charge in [-0.2, -0.15) is 5.26 Å². The van der Waals surface area contributed by atoms with Gasteiger partial charge < -0.3 is 4.90 Å². The Kier molecular flexibility index (Phi) is 7.71. The maximum atomic E-state index is 9.76. The van der Waals surface area contributed by atoms with E-state index in [-0.39, 0.29) is 0 Å². The molecule has 0 radical (unpaired) electrons. The maximum absolute atomic E-state index is 9.76. The van der Waals surface area contributed by atoms with E-state index in [1.807, 2.05) is 53.0 Å². The van der Waals surface area contributed by atoms with Gasteiger partial charge >= 0.3 is 0 Å². The van der Waals surface area contributed by atoms with Gasteiger partial charge in [-0.3, -0.25) is 0 Å². The molecular formula is C36H28N2S3. The summed E-state index contributed by atoms with van der Waals surface area (Å²) in [5.41, 5.74) is 7.63. The Balaban J connectivity index is 1.27. The van der Waals surface area contributed by atoms with Gasteiger partial charge in [0.05, 0.1) is 11.6 Å². The van der Waals surface area contributed by atoms with E-state index >= 15 is 0 Å². The number of thiophene rings is 3. The van der Waals surface area contributed by atoms with Crippen LogP contribution in [0.3, 0.4) is 0 Å². The van der Waals surface area contributed by atoms with Gasteiger partial charge in [0.15, 0.2) is 0 Å². The van der Waals surface area contributed by atoms with Gasteiger partial charge in [-0.25, -0.2) is 0 Å². The topological polar surface area (TPSA) is 27.0 Å². The number of hydrogen-bond donors (Lipinski definition) is 0. The average Bonchev–Trinajstić information content (AvgIpc) is 3.76. The molecule has 0 bridgehead atoms. The monoisotopic (exact) mass is 584 g/mol. The van der Waals surface area contributed by atoms with E-state index in [0.29, 0.717) is 5.57 Å². The third kappa shape index (κ3) is 5.96. The number of allylic oxidation sites excluding steroid dienone is 1. The Labute approximate surface area is 253 Å². The van der Waals surface area contributed by atoms with Crippen LogP contribution in [-0.2, 0) is 0 Å². The third-order valence-electron chi connectivity index (χ3n) is 6.88. The molecule has 0 aliphatic heterocycles. The second-order valence-electron chi connectivity index (χ2n) is 10.0. The van der Waals surface area contributed by atoms with Gasteiger partial charge in [0.25, 0.3) is 0 Å². The van der Waals surface area contributed by atoms with Crippen molar-refractivity contribution in [2.45, 2.75) is 20.8 Å². The molecule has 0 N–H and O–H groups in total. The van der Waals surface area contributed by atoms with Crippen molar-refractivity contribution in [3.8, 4) is 25.6 Å². The summed E-state index contributed by atoms with van der Waals surface area (Å²) in [5.74, 6) is 0. The summed E-state index contributed by atoms with van der Waals surface area (Å²) in [6.45, 7) is 6.30. The standard InChI is InChI=1S/C36H28N2S3/c1-24-4-10-27(11-5-24)28(23-37)22-31-16-17-32(39-31)33-18-19-34(40-33)35-20-21-36(41-35)38(29-12-6-25(2)7-13-29)30-14-8-26(3)9-15-30/h4-22H,1-3H3/b28-22-. The third-order valence-corrected chi connectivity index (χ3v) is 10.5. The largest absolute Gasteiger partial charge is 0.302 e. The minimum absolute atomic E-state index is 0.683. The molecule has 5 heteroatoms. The van der Waals surface area contributed by atoms with Crippen LogP contribution in [0.1, 0.15) is 27.1 Å². The van der Waals surface area contributed by atoms with Crippen LogP contribution >= 0.6 is 34.0 Å². The molecule has 3 heterocycles. The first kappa shape index (κ1) is 27.0. The molecule has 0 aliphatic rings. The summed E-state index contributed by atoms with van der Waals surface area (Å²) in [5, 5.41) is 10.9. The molecule has 41 heavy (non-hydrogen) atoms. The number of nitriles is 1. The van der Waals surface area contributed by atoms with Crippen LogP contribution < -0.4 is 4.90 Å². The minimum Gasteiger partial charge on any atom is -0.302 e. The second-order valence-corrected chi connectivity index (χ2v) is 13.3. The summed E-state index contributed by atoms with van der Waals surface area (Å²) in [4.78, 5) is 8.38. The highest BCUT2D eigenvalue weighted by Gasteiger charge is 2.16. The van der Waals surface area contributed by atoms with Crippen molar-refractivity contribution < 1.29 is 0 Å². The Morgan fingerprint density at radius 3 is 1.59 bits per heavy atom. The molecule has 0 saturated carbocycles. The van der Waals surface area contributed by atoms with Gasteiger partial charge in [0.1, 0.15) is 5.00 Å². The fraction of sp³-hybridized carbons (Fsp3) is 0.0833. The first-order chi connectivity index (χ1) is 20.0. The Morgan fingerprint density at radius 2 is 1.02 bits per heavy atom. The number of aryl methyl sites for hydroxylation is 3. The van der Waals surface area contributed by atoms with Crippen molar-refractivity contribution in [1.82, 2.24) is 0 Å². The fourth-order valence-electron chi connectivity index (χ4n) is 4.59. The second kappa shape index (κ2) is 11.7. The van der Waals surface area contributed by atoms with Crippen molar-refractivity contribution in [3.63, 3.8) is 0 Å². The van der Waals surface area contributed by atoms with Crippen molar-refractivity contribution in [3.05, 3.63) is 136 Å². The number of nitrogens with zero attached hydrogens (tertiary/aromatic N) is 2. The molecule has 6 aromatic rings. The van der Waals surface area contributed by atoms with E-state index < -0.39 is 0 Å². The van der Waals surface area contributed by atoms with Crippen molar-refractivity contribution in [2.24, 2.45) is 0 Å². The van der Waals surface area contributed by atoms with Crippen LogP contribution in [0.4, 0.5) is 16.4 Å². The van der Waals surface area contributed by atoms with Crippen LogP contribution in [0, 0.1) is 32.1 Å². The predicted molar refractivity (Wildman–Crippen MR) is 180 cm³/mol. The van der Waals surface area contributed by atoms with Gasteiger partial charge in [-0.15, -0.1) is 34.0 Å². The van der Waals surface area contributed by atoms with Gasteiger partial charge in [-0.05, 0) is 93.1 Å². The van der Waals surface area contributed by atoms with Crippen molar-refractivity contribution in [1.29, 1.82) is 5.26 Å². The summed E-state index contributed by atoms with van der Waals surface area (Å²) >= 11 is 5.34. The van der Waals surface area contributed by atoms with Gasteiger partial charge in [0.2, 0.25) is 0 Å². The Morgan fingerprint density at radius 1 is 0.561 bits per heavy atom. The van der Waals surface area contributed by atoms with Crippen molar-refractivity contribution in [2.75, 3.05) is 4.90 Å². The molecule has 0 aliphatic carbocycles. The molecule has 6 rings (SSSR count). The molecule has 200 valence electrons. The highest BCUT2D eigenvalue weighted by Crippen LogP contribution is 2.45. The molecule has 0 spiro atoms. The Hall–Kier alpha value is -4.21. The van der Waals surface area contributed by atoms with Gasteiger partial charge in [0, 0.05) is 35.8 Å². The summed E-state index contributed by atoms with van der Waals surface area (Å²) < 4.78 is 0. The fourth-order valence-corrected chi connectivity index (χ4v) is 7.78. The van der Waals surface area contributed by atoms with Crippen LogP contribution in [0.5, 0.6) is 0 Å². The lowest BCUT2D eigenvalue weighted by Gasteiger charge is -2.24. The Bertz CT molecular complexity index is 1810. The lowest BCUT2D eigenvalue weighted by Crippen LogP contribution is -2.08. The first-order valence-electron chi connectivity index (χ1n) is 13.4. The normalized spacial score (nSPS) is 11.4. The number of rotatable bonds is 7. The zero-order chi connectivity index (χ0) is 28.3. The molecule has 0 fully saturated rings. The molecule has 3 aromatic carbocycles. The van der Waals surface area contributed by atoms with Crippen LogP contribution in [-0.4, -0.2) is 0 Å². The van der Waals surface area contributed by atoms with E-state index in [0.717, 1.165) is 21.8 Å². The zero-order valence-corrected chi connectivity index (χ0v) is 25.5. The highest BCUT2D eigenvalue weighted by atomic mass is 32.1. The maximum Gasteiger partial charge on any atom is 0.101 e. The lowest BCUT2D eigenvalue weighted by molar-refractivity contribution is 1.29. The molecule has 2 nitrogen and oxygen atoms in total. The summed E-state index contributed by atoms with van der Waals surface area (Å²) in [6, 6.07) is 41.1. The minimum atomic E-state index is 0.683.